The Bertz CT molecular complexity index is 879. The van der Waals surface area contributed by atoms with Crippen LogP contribution in [0.25, 0.3) is 0 Å². The zero-order valence-electron chi connectivity index (χ0n) is 17.5. The van der Waals surface area contributed by atoms with Crippen LogP contribution in [0.1, 0.15) is 18.9 Å². The number of aldehydes is 1. The van der Waals surface area contributed by atoms with Crippen molar-refractivity contribution >= 4 is 37.4 Å². The predicted octanol–water partition coefficient (Wildman–Crippen LogP) is 4.28. The zero-order valence-corrected chi connectivity index (χ0v) is 19.3. The molecule has 2 aliphatic rings. The minimum atomic E-state index is -1.22. The first kappa shape index (κ1) is 22.9. The van der Waals surface area contributed by atoms with Crippen LogP contribution in [0, 0.1) is 17.6 Å². The highest BCUT2D eigenvalue weighted by Gasteiger charge is 2.67. The molecular formula is C20H26F2N2O4SSi. The van der Waals surface area contributed by atoms with E-state index in [2.05, 4.69) is 30.0 Å². The van der Waals surface area contributed by atoms with Crippen LogP contribution in [0.4, 0.5) is 13.6 Å². The van der Waals surface area contributed by atoms with E-state index in [1.54, 1.807) is 6.92 Å². The van der Waals surface area contributed by atoms with Crippen molar-refractivity contribution in [3.05, 3.63) is 35.4 Å². The number of rotatable bonds is 7. The molecule has 1 aliphatic carbocycles. The molecule has 3 rings (SSSR count). The second kappa shape index (κ2) is 8.39. The molecule has 1 amide bonds. The number of fused-ring (bicyclic) bond motifs is 1. The van der Waals surface area contributed by atoms with Gasteiger partial charge in [-0.05, 0) is 25.5 Å². The third kappa shape index (κ3) is 4.75. The van der Waals surface area contributed by atoms with E-state index in [1.165, 1.54) is 12.1 Å². The van der Waals surface area contributed by atoms with Crippen LogP contribution < -0.4 is 5.32 Å². The predicted molar refractivity (Wildman–Crippen MR) is 114 cm³/mol. The van der Waals surface area contributed by atoms with Crippen molar-refractivity contribution in [2.45, 2.75) is 49.3 Å². The van der Waals surface area contributed by atoms with Crippen LogP contribution in [-0.4, -0.2) is 43.8 Å². The summed E-state index contributed by atoms with van der Waals surface area (Å²) in [6, 6.07) is 4.82. The maximum absolute atomic E-state index is 14.5. The Hall–Kier alpha value is -1.78. The number of carbonyl (C=O) groups is 2. The van der Waals surface area contributed by atoms with Crippen LogP contribution >= 0.6 is 11.8 Å². The van der Waals surface area contributed by atoms with Gasteiger partial charge in [-0.1, -0.05) is 43.5 Å². The summed E-state index contributed by atoms with van der Waals surface area (Å²) in [6.45, 7) is 8.83. The van der Waals surface area contributed by atoms with Crippen molar-refractivity contribution in [1.82, 2.24) is 5.32 Å². The number of aliphatic imine (C=N–C) groups is 1. The van der Waals surface area contributed by atoms with Gasteiger partial charge < -0.3 is 14.3 Å². The fourth-order valence-corrected chi connectivity index (χ4v) is 5.62. The van der Waals surface area contributed by atoms with E-state index in [0.29, 0.717) is 13.0 Å². The molecule has 1 aromatic rings. The molecule has 10 heteroatoms. The molecule has 3 atom stereocenters. The van der Waals surface area contributed by atoms with Crippen molar-refractivity contribution in [2.24, 2.45) is 10.9 Å². The Morgan fingerprint density at radius 3 is 2.80 bits per heavy atom. The topological polar surface area (TPSA) is 77.0 Å². The van der Waals surface area contributed by atoms with Gasteiger partial charge in [-0.15, -0.1) is 0 Å². The van der Waals surface area contributed by atoms with Crippen molar-refractivity contribution in [3.8, 4) is 0 Å². The van der Waals surface area contributed by atoms with E-state index in [-0.39, 0.29) is 23.4 Å². The molecule has 0 radical (unpaired) electrons. The van der Waals surface area contributed by atoms with E-state index in [0.717, 1.165) is 30.2 Å². The maximum Gasteiger partial charge on any atom is 0.416 e. The summed E-state index contributed by atoms with van der Waals surface area (Å²) in [6.07, 6.45) is 0.426. The van der Waals surface area contributed by atoms with Crippen LogP contribution in [0.3, 0.4) is 0 Å². The highest BCUT2D eigenvalue weighted by molar-refractivity contribution is 8.15. The molecule has 1 aromatic carbocycles. The number of nitrogens with one attached hydrogen (secondary N) is 1. The van der Waals surface area contributed by atoms with Crippen LogP contribution in [-0.2, 0) is 19.8 Å². The monoisotopic (exact) mass is 456 g/mol. The number of amides is 1. The molecule has 164 valence electrons. The lowest BCUT2D eigenvalue weighted by atomic mass is 9.86. The molecule has 0 bridgehead atoms. The normalized spacial score (nSPS) is 27.7. The van der Waals surface area contributed by atoms with Gasteiger partial charge in [0.1, 0.15) is 13.0 Å². The summed E-state index contributed by atoms with van der Waals surface area (Å²) < 4.78 is 38.1. The van der Waals surface area contributed by atoms with Gasteiger partial charge in [-0.3, -0.25) is 5.32 Å². The van der Waals surface area contributed by atoms with E-state index in [1.807, 2.05) is 0 Å². The minimum Gasteiger partial charge on any atom is -0.385 e. The zero-order chi connectivity index (χ0) is 22.2. The average molecular weight is 457 g/mol. The van der Waals surface area contributed by atoms with Crippen LogP contribution in [0.2, 0.25) is 25.7 Å². The summed E-state index contributed by atoms with van der Waals surface area (Å²) >= 11 is 1.04. The molecule has 0 aromatic heterocycles. The Morgan fingerprint density at radius 2 is 2.13 bits per heavy atom. The Morgan fingerprint density at radius 1 is 1.40 bits per heavy atom. The van der Waals surface area contributed by atoms with Crippen molar-refractivity contribution in [2.75, 3.05) is 13.3 Å². The molecule has 6 nitrogen and oxygen atoms in total. The number of thioether (sulfide) groups is 1. The van der Waals surface area contributed by atoms with E-state index in [9.17, 15) is 18.4 Å². The van der Waals surface area contributed by atoms with E-state index in [4.69, 9.17) is 9.47 Å². The summed E-state index contributed by atoms with van der Waals surface area (Å²) in [5.74, 6) is -2.32. The van der Waals surface area contributed by atoms with Gasteiger partial charge in [-0.2, -0.15) is 0 Å². The van der Waals surface area contributed by atoms with Gasteiger partial charge in [0.25, 0.3) is 5.23 Å². The molecule has 1 N–H and O–H groups in total. The third-order valence-electron chi connectivity index (χ3n) is 5.42. The molecule has 0 saturated heterocycles. The van der Waals surface area contributed by atoms with Crippen molar-refractivity contribution in [1.29, 1.82) is 0 Å². The molecular weight excluding hydrogens is 430 g/mol. The van der Waals surface area contributed by atoms with Gasteiger partial charge in [-0.25, -0.2) is 18.6 Å². The molecule has 1 aliphatic heterocycles. The molecule has 0 unspecified atom stereocenters. The number of alkyl carbamates (subject to hydrolysis) is 1. The van der Waals surface area contributed by atoms with Crippen molar-refractivity contribution in [3.63, 3.8) is 0 Å². The number of hydrogen-bond donors (Lipinski definition) is 1. The molecule has 30 heavy (non-hydrogen) atoms. The second-order valence-corrected chi connectivity index (χ2v) is 15.9. The Kier molecular flexibility index (Phi) is 6.40. The number of benzene rings is 1. The summed E-state index contributed by atoms with van der Waals surface area (Å²) in [5, 5.41) is 2.42. The molecule has 0 spiro atoms. The van der Waals surface area contributed by atoms with Gasteiger partial charge in [0.2, 0.25) is 0 Å². The van der Waals surface area contributed by atoms with Gasteiger partial charge in [0, 0.05) is 26.2 Å². The highest BCUT2D eigenvalue weighted by Crippen LogP contribution is 2.65. The fraction of sp³-hybridized carbons (Fsp3) is 0.550. The smallest absolute Gasteiger partial charge is 0.385 e. The number of halogens is 2. The largest absolute Gasteiger partial charge is 0.416 e. The van der Waals surface area contributed by atoms with Gasteiger partial charge in [0.05, 0.1) is 10.3 Å². The van der Waals surface area contributed by atoms with E-state index >= 15 is 0 Å². The van der Waals surface area contributed by atoms with Crippen LogP contribution in [0.5, 0.6) is 0 Å². The second-order valence-electron chi connectivity index (χ2n) is 8.99. The SMILES string of the molecule is C[C@]1(c2cccc(F)c2F)N=C(OC(=O)NCOCC[Si](C)(C)C)S[C@@]2(C=O)C[C@H]21. The summed E-state index contributed by atoms with van der Waals surface area (Å²) in [7, 11) is -1.22. The third-order valence-corrected chi connectivity index (χ3v) is 8.40. The summed E-state index contributed by atoms with van der Waals surface area (Å²) in [4.78, 5) is 28.3. The Balaban J connectivity index is 1.69. The first-order valence-electron chi connectivity index (χ1n) is 9.74. The lowest BCUT2D eigenvalue weighted by molar-refractivity contribution is -0.108. The lowest BCUT2D eigenvalue weighted by Gasteiger charge is -2.32. The first-order valence-corrected chi connectivity index (χ1v) is 14.3. The quantitative estimate of drug-likeness (QED) is 0.287. The fourth-order valence-electron chi connectivity index (χ4n) is 3.52. The minimum absolute atomic E-state index is 0.0154. The van der Waals surface area contributed by atoms with Gasteiger partial charge in [0.15, 0.2) is 11.6 Å². The standard InChI is InChI=1S/C20H26F2N2O4SSi/c1-19(13-6-5-7-14(21)16(13)22)15-10-20(15,11-25)29-18(24-19)28-17(26)23-12-27-8-9-30(2,3)4/h5-7,11,15H,8-10,12H2,1-4H3,(H,23,26)/t15-,19+,20+/m0/s1. The number of hydrogen-bond acceptors (Lipinski definition) is 6. The average Bonchev–Trinajstić information content (AvgIpc) is 3.39. The van der Waals surface area contributed by atoms with E-state index < -0.39 is 36.1 Å². The first-order chi connectivity index (χ1) is 14.0. The molecule has 1 heterocycles. The van der Waals surface area contributed by atoms with Gasteiger partial charge >= 0.3 is 6.09 Å². The molecule has 1 fully saturated rings. The number of nitrogens with zero attached hydrogens (tertiary/aromatic N) is 1. The van der Waals surface area contributed by atoms with Crippen molar-refractivity contribution < 1.29 is 27.8 Å². The van der Waals surface area contributed by atoms with Crippen LogP contribution in [0.15, 0.2) is 23.2 Å². The number of ether oxygens (including phenoxy) is 2. The number of carbonyl (C=O) groups excluding carboxylic acids is 2. The molecule has 1 saturated carbocycles. The summed E-state index contributed by atoms with van der Waals surface area (Å²) in [5.41, 5.74) is -1.19. The highest BCUT2D eigenvalue weighted by atomic mass is 32.2. The maximum atomic E-state index is 14.5. The Labute approximate surface area is 179 Å². The lowest BCUT2D eigenvalue weighted by Crippen LogP contribution is -2.37.